The normalized spacial score (nSPS) is 18.3. The highest BCUT2D eigenvalue weighted by atomic mass is 31.2. The van der Waals surface area contributed by atoms with Gasteiger partial charge in [0.1, 0.15) is 0 Å². The summed E-state index contributed by atoms with van der Waals surface area (Å²) < 4.78 is 27.6. The topological polar surface area (TPSA) is 105 Å². The average molecular weight is 356 g/mol. The summed E-state index contributed by atoms with van der Waals surface area (Å²) in [5.41, 5.74) is 0. The summed E-state index contributed by atoms with van der Waals surface area (Å²) in [4.78, 5) is 0. The third kappa shape index (κ3) is 12.1. The molecule has 3 unspecified atom stereocenters. The molecule has 0 amide bonds. The maximum atomic E-state index is 12.6. The van der Waals surface area contributed by atoms with Gasteiger partial charge in [-0.05, 0) is 38.5 Å². The van der Waals surface area contributed by atoms with Crippen LogP contribution in [0.15, 0.2) is 0 Å². The lowest BCUT2D eigenvalue weighted by Gasteiger charge is -2.25. The molecule has 0 aromatic carbocycles. The van der Waals surface area contributed by atoms with Crippen molar-refractivity contribution in [1.29, 1.82) is 0 Å². The summed E-state index contributed by atoms with van der Waals surface area (Å²) in [6.07, 6.45) is 1.34. The molecule has 0 bridgehead atoms. The molecule has 0 heterocycles. The summed E-state index contributed by atoms with van der Waals surface area (Å²) in [6, 6.07) is 0. The molecule has 3 N–H and O–H groups in total. The molecule has 140 valence electrons. The third-order valence-electron chi connectivity index (χ3n) is 3.17. The minimum atomic E-state index is -4.26. The summed E-state index contributed by atoms with van der Waals surface area (Å²) >= 11 is 0. The van der Waals surface area contributed by atoms with Gasteiger partial charge in [0, 0.05) is 0 Å². The van der Waals surface area contributed by atoms with E-state index in [1.165, 1.54) is 0 Å². The molecule has 0 saturated carbocycles. The highest BCUT2D eigenvalue weighted by Crippen LogP contribution is 2.53. The smallest absolute Gasteiger partial charge is 0.367 e. The second kappa shape index (κ2) is 13.3. The zero-order chi connectivity index (χ0) is 17.7. The van der Waals surface area contributed by atoms with Crippen molar-refractivity contribution in [3.63, 3.8) is 0 Å². The lowest BCUT2D eigenvalue weighted by atomic mass is 10.2. The molecule has 0 radical (unpaired) electrons. The van der Waals surface area contributed by atoms with Crippen molar-refractivity contribution in [2.24, 2.45) is 0 Å². The minimum Gasteiger partial charge on any atom is -0.367 e. The zero-order valence-electron chi connectivity index (χ0n) is 14.5. The largest absolute Gasteiger partial charge is 0.481 e. The van der Waals surface area contributed by atoms with Crippen LogP contribution in [0, 0.1) is 0 Å². The zero-order valence-corrected chi connectivity index (χ0v) is 15.4. The fraction of sp³-hybridized carbons (Fsp3) is 1.00. The molecule has 0 aliphatic rings. The summed E-state index contributed by atoms with van der Waals surface area (Å²) in [6.45, 7) is 5.84. The summed E-state index contributed by atoms with van der Waals surface area (Å²) in [5, 5.41) is 29.3. The van der Waals surface area contributed by atoms with Gasteiger partial charge in [-0.3, -0.25) is 13.6 Å². The van der Waals surface area contributed by atoms with E-state index in [9.17, 15) is 19.9 Å². The first kappa shape index (κ1) is 23.0. The average Bonchev–Trinajstić information content (AvgIpc) is 2.48. The first-order valence-electron chi connectivity index (χ1n) is 8.56. The lowest BCUT2D eigenvalue weighted by molar-refractivity contribution is -0.123. The molecule has 0 saturated heterocycles. The number of hydrogen-bond acceptors (Lipinski definition) is 7. The Morgan fingerprint density at radius 3 is 1.17 bits per heavy atom. The number of unbranched alkanes of at least 4 members (excludes halogenated alkanes) is 3. The van der Waals surface area contributed by atoms with Gasteiger partial charge in [0.2, 0.25) is 0 Å². The fourth-order valence-electron chi connectivity index (χ4n) is 1.82. The molecule has 3 atom stereocenters. The number of aliphatic hydroxyl groups excluding tert-OH is 3. The Morgan fingerprint density at radius 1 is 0.696 bits per heavy atom. The van der Waals surface area contributed by atoms with Crippen LogP contribution in [-0.2, 0) is 18.1 Å². The van der Waals surface area contributed by atoms with E-state index in [4.69, 9.17) is 13.6 Å². The molecule has 23 heavy (non-hydrogen) atoms. The Morgan fingerprint density at radius 2 is 0.957 bits per heavy atom. The SMILES string of the molecule is CCCCC(O)OP(=O)(OC(O)CCCC)OC(O)CCCC. The van der Waals surface area contributed by atoms with E-state index in [1.54, 1.807) is 0 Å². The van der Waals surface area contributed by atoms with Crippen molar-refractivity contribution < 1.29 is 33.5 Å². The molecular weight excluding hydrogens is 323 g/mol. The Hall–Kier alpha value is -0.0100. The molecule has 0 spiro atoms. The molecule has 0 rings (SSSR count). The van der Waals surface area contributed by atoms with Crippen LogP contribution in [0.5, 0.6) is 0 Å². The molecule has 0 fully saturated rings. The lowest BCUT2D eigenvalue weighted by Crippen LogP contribution is -2.21. The van der Waals surface area contributed by atoms with Gasteiger partial charge in [0.15, 0.2) is 18.9 Å². The van der Waals surface area contributed by atoms with Crippen molar-refractivity contribution in [3.05, 3.63) is 0 Å². The van der Waals surface area contributed by atoms with Crippen molar-refractivity contribution in [1.82, 2.24) is 0 Å². The summed E-state index contributed by atoms with van der Waals surface area (Å²) in [7, 11) is -4.26. The van der Waals surface area contributed by atoms with E-state index in [1.807, 2.05) is 20.8 Å². The summed E-state index contributed by atoms with van der Waals surface area (Å²) in [5.74, 6) is 0. The van der Waals surface area contributed by atoms with Crippen LogP contribution in [0.3, 0.4) is 0 Å². The molecule has 0 aromatic rings. The molecule has 0 aromatic heterocycles. The Bertz CT molecular complexity index is 279. The van der Waals surface area contributed by atoms with Crippen LogP contribution in [-0.4, -0.2) is 34.2 Å². The van der Waals surface area contributed by atoms with Crippen LogP contribution >= 0.6 is 7.82 Å². The quantitative estimate of drug-likeness (QED) is 0.304. The number of aliphatic hydroxyl groups is 3. The van der Waals surface area contributed by atoms with Crippen LogP contribution in [0.25, 0.3) is 0 Å². The highest BCUT2D eigenvalue weighted by Gasteiger charge is 2.35. The van der Waals surface area contributed by atoms with Gasteiger partial charge in [-0.25, -0.2) is 4.57 Å². The highest BCUT2D eigenvalue weighted by molar-refractivity contribution is 7.48. The Labute approximate surface area is 139 Å². The first-order chi connectivity index (χ1) is 10.9. The Kier molecular flexibility index (Phi) is 13.3. The van der Waals surface area contributed by atoms with Crippen molar-refractivity contribution in [3.8, 4) is 0 Å². The van der Waals surface area contributed by atoms with Crippen molar-refractivity contribution in [2.75, 3.05) is 0 Å². The van der Waals surface area contributed by atoms with Gasteiger partial charge in [0.05, 0.1) is 0 Å². The van der Waals surface area contributed by atoms with Gasteiger partial charge < -0.3 is 15.3 Å². The number of phosphoric ester groups is 1. The minimum absolute atomic E-state index is 0.267. The van der Waals surface area contributed by atoms with E-state index >= 15 is 0 Å². The molecule has 8 heteroatoms. The standard InChI is InChI=1S/C15H33O7P/c1-4-7-10-13(16)20-23(19,21-14(17)11-8-5-2)22-15(18)12-9-6-3/h13-18H,4-12H2,1-3H3. The van der Waals surface area contributed by atoms with Gasteiger partial charge in [-0.1, -0.05) is 40.0 Å². The van der Waals surface area contributed by atoms with Crippen molar-refractivity contribution >= 4 is 7.82 Å². The van der Waals surface area contributed by atoms with Crippen LogP contribution in [0.2, 0.25) is 0 Å². The second-order valence-corrected chi connectivity index (χ2v) is 7.08. The van der Waals surface area contributed by atoms with Crippen LogP contribution in [0.4, 0.5) is 0 Å². The van der Waals surface area contributed by atoms with Gasteiger partial charge >= 0.3 is 7.82 Å². The van der Waals surface area contributed by atoms with Gasteiger partial charge in [0.25, 0.3) is 0 Å². The molecule has 7 nitrogen and oxygen atoms in total. The van der Waals surface area contributed by atoms with E-state index < -0.39 is 26.7 Å². The number of hydrogen-bond donors (Lipinski definition) is 3. The predicted molar refractivity (Wildman–Crippen MR) is 87.5 cm³/mol. The first-order valence-corrected chi connectivity index (χ1v) is 10.0. The maximum absolute atomic E-state index is 12.6. The predicted octanol–water partition coefficient (Wildman–Crippen LogP) is 3.67. The monoisotopic (exact) mass is 356 g/mol. The Balaban J connectivity index is 4.70. The van der Waals surface area contributed by atoms with E-state index in [0.29, 0.717) is 19.3 Å². The van der Waals surface area contributed by atoms with E-state index in [2.05, 4.69) is 0 Å². The number of phosphoric acid groups is 1. The molecule has 0 aliphatic heterocycles. The maximum Gasteiger partial charge on any atom is 0.481 e. The molecular formula is C15H33O7P. The van der Waals surface area contributed by atoms with E-state index in [-0.39, 0.29) is 19.3 Å². The second-order valence-electron chi connectivity index (χ2n) is 5.55. The fourth-order valence-corrected chi connectivity index (χ4v) is 3.18. The van der Waals surface area contributed by atoms with Crippen LogP contribution < -0.4 is 0 Å². The van der Waals surface area contributed by atoms with Gasteiger partial charge in [-0.2, -0.15) is 0 Å². The van der Waals surface area contributed by atoms with Crippen LogP contribution in [0.1, 0.15) is 78.6 Å². The van der Waals surface area contributed by atoms with Crippen molar-refractivity contribution in [2.45, 2.75) is 97.4 Å². The van der Waals surface area contributed by atoms with E-state index in [0.717, 1.165) is 19.3 Å². The number of rotatable bonds is 15. The molecule has 0 aliphatic carbocycles. The van der Waals surface area contributed by atoms with Gasteiger partial charge in [-0.15, -0.1) is 0 Å². The third-order valence-corrected chi connectivity index (χ3v) is 4.67.